The summed E-state index contributed by atoms with van der Waals surface area (Å²) in [5, 5.41) is 0. The summed E-state index contributed by atoms with van der Waals surface area (Å²) in [6.07, 6.45) is 4.45. The quantitative estimate of drug-likeness (QED) is 0.832. The summed E-state index contributed by atoms with van der Waals surface area (Å²) in [7, 11) is 0. The molecule has 0 N–H and O–H groups in total. The van der Waals surface area contributed by atoms with Crippen molar-refractivity contribution in [2.24, 2.45) is 0 Å². The van der Waals surface area contributed by atoms with Gasteiger partial charge in [-0.25, -0.2) is 9.97 Å². The van der Waals surface area contributed by atoms with Crippen LogP contribution in [0.5, 0.6) is 0 Å². The van der Waals surface area contributed by atoms with Crippen molar-refractivity contribution in [2.75, 3.05) is 0 Å². The molecule has 2 aromatic rings. The molecule has 17 heavy (non-hydrogen) atoms. The molecule has 0 atom stereocenters. The zero-order valence-electron chi connectivity index (χ0n) is 9.65. The topological polar surface area (TPSA) is 25.8 Å². The Morgan fingerprint density at radius 1 is 1.29 bits per heavy atom. The number of aryl methyl sites for hydroxylation is 1. The Kier molecular flexibility index (Phi) is 2.71. The molecule has 86 valence electrons. The normalized spacial score (nSPS) is 14.9. The lowest BCUT2D eigenvalue weighted by atomic mass is 10.1. The Balaban J connectivity index is 2.02. The molecule has 1 aromatic carbocycles. The fourth-order valence-corrected chi connectivity index (χ4v) is 2.36. The summed E-state index contributed by atoms with van der Waals surface area (Å²) in [4.78, 5) is 9.10. The molecule has 2 nitrogen and oxygen atoms in total. The van der Waals surface area contributed by atoms with Crippen LogP contribution in [-0.4, -0.2) is 9.97 Å². The van der Waals surface area contributed by atoms with Gasteiger partial charge in [0.15, 0.2) is 0 Å². The first-order valence-corrected chi connectivity index (χ1v) is 6.63. The van der Waals surface area contributed by atoms with Crippen LogP contribution in [0.25, 0.3) is 11.1 Å². The van der Waals surface area contributed by atoms with Crippen LogP contribution >= 0.6 is 15.9 Å². The molecule has 1 aliphatic carbocycles. The third kappa shape index (κ3) is 2.25. The van der Waals surface area contributed by atoms with E-state index in [1.807, 2.05) is 18.3 Å². The molecule has 1 saturated carbocycles. The standard InChI is InChI=1S/C14H13BrN2/c1-9-13(11-3-2-4-12(15)7-11)8-16-14(17-9)10-5-6-10/h2-4,7-8,10H,5-6H2,1H3. The van der Waals surface area contributed by atoms with Crippen LogP contribution in [0.1, 0.15) is 30.3 Å². The molecule has 1 fully saturated rings. The minimum absolute atomic E-state index is 0.616. The highest BCUT2D eigenvalue weighted by atomic mass is 79.9. The number of benzene rings is 1. The third-order valence-electron chi connectivity index (χ3n) is 3.08. The van der Waals surface area contributed by atoms with Gasteiger partial charge in [-0.1, -0.05) is 28.1 Å². The molecule has 0 saturated heterocycles. The van der Waals surface area contributed by atoms with Gasteiger partial charge in [0, 0.05) is 27.8 Å². The van der Waals surface area contributed by atoms with E-state index in [2.05, 4.69) is 45.0 Å². The smallest absolute Gasteiger partial charge is 0.131 e. The van der Waals surface area contributed by atoms with Gasteiger partial charge in [-0.15, -0.1) is 0 Å². The van der Waals surface area contributed by atoms with Crippen LogP contribution in [0.2, 0.25) is 0 Å². The van der Waals surface area contributed by atoms with Gasteiger partial charge in [-0.3, -0.25) is 0 Å². The van der Waals surface area contributed by atoms with Crippen molar-refractivity contribution in [1.29, 1.82) is 0 Å². The van der Waals surface area contributed by atoms with Gasteiger partial charge in [0.25, 0.3) is 0 Å². The van der Waals surface area contributed by atoms with Gasteiger partial charge in [0.2, 0.25) is 0 Å². The van der Waals surface area contributed by atoms with Gasteiger partial charge < -0.3 is 0 Å². The molecule has 0 aliphatic heterocycles. The third-order valence-corrected chi connectivity index (χ3v) is 3.57. The number of halogens is 1. The van der Waals surface area contributed by atoms with Crippen molar-refractivity contribution in [3.8, 4) is 11.1 Å². The number of aromatic nitrogens is 2. The highest BCUT2D eigenvalue weighted by Gasteiger charge is 2.26. The minimum atomic E-state index is 0.616. The molecule has 0 unspecified atom stereocenters. The average Bonchev–Trinajstić information content (AvgIpc) is 3.12. The maximum absolute atomic E-state index is 4.61. The predicted octanol–water partition coefficient (Wildman–Crippen LogP) is 4.09. The Morgan fingerprint density at radius 2 is 2.12 bits per heavy atom. The average molecular weight is 289 g/mol. The molecule has 1 aromatic heterocycles. The molecule has 0 radical (unpaired) electrons. The van der Waals surface area contributed by atoms with E-state index in [1.165, 1.54) is 18.4 Å². The number of hydrogen-bond acceptors (Lipinski definition) is 2. The summed E-state index contributed by atoms with van der Waals surface area (Å²) >= 11 is 3.49. The van der Waals surface area contributed by atoms with Gasteiger partial charge >= 0.3 is 0 Å². The van der Waals surface area contributed by atoms with Crippen molar-refractivity contribution in [1.82, 2.24) is 9.97 Å². The molecule has 0 amide bonds. The van der Waals surface area contributed by atoms with E-state index in [1.54, 1.807) is 0 Å². The Labute approximate surface area is 109 Å². The maximum atomic E-state index is 4.61. The van der Waals surface area contributed by atoms with E-state index in [9.17, 15) is 0 Å². The molecule has 0 spiro atoms. The van der Waals surface area contributed by atoms with Crippen LogP contribution in [-0.2, 0) is 0 Å². The fourth-order valence-electron chi connectivity index (χ4n) is 1.96. The number of rotatable bonds is 2. The van der Waals surface area contributed by atoms with Crippen molar-refractivity contribution in [3.63, 3.8) is 0 Å². The van der Waals surface area contributed by atoms with E-state index in [-0.39, 0.29) is 0 Å². The first-order chi connectivity index (χ1) is 8.24. The first kappa shape index (κ1) is 10.9. The second-order valence-corrected chi connectivity index (χ2v) is 5.43. The summed E-state index contributed by atoms with van der Waals surface area (Å²) < 4.78 is 1.08. The van der Waals surface area contributed by atoms with Crippen LogP contribution < -0.4 is 0 Å². The highest BCUT2D eigenvalue weighted by Crippen LogP contribution is 2.38. The molecule has 1 heterocycles. The van der Waals surface area contributed by atoms with E-state index in [0.29, 0.717) is 5.92 Å². The lowest BCUT2D eigenvalue weighted by molar-refractivity contribution is 0.908. The lowest BCUT2D eigenvalue weighted by Gasteiger charge is -2.07. The molecular weight excluding hydrogens is 276 g/mol. The molecule has 3 heteroatoms. The van der Waals surface area contributed by atoms with Gasteiger partial charge in [-0.2, -0.15) is 0 Å². The van der Waals surface area contributed by atoms with Crippen LogP contribution in [0.3, 0.4) is 0 Å². The molecule has 3 rings (SSSR count). The van der Waals surface area contributed by atoms with Crippen molar-refractivity contribution in [2.45, 2.75) is 25.7 Å². The van der Waals surface area contributed by atoms with Crippen LogP contribution in [0.4, 0.5) is 0 Å². The summed E-state index contributed by atoms with van der Waals surface area (Å²) in [5.41, 5.74) is 3.36. The molecule has 0 bridgehead atoms. The van der Waals surface area contributed by atoms with Gasteiger partial charge in [0.1, 0.15) is 5.82 Å². The number of nitrogens with zero attached hydrogens (tertiary/aromatic N) is 2. The van der Waals surface area contributed by atoms with E-state index < -0.39 is 0 Å². The summed E-state index contributed by atoms with van der Waals surface area (Å²) in [5.74, 6) is 1.63. The largest absolute Gasteiger partial charge is 0.240 e. The molecular formula is C14H13BrN2. The maximum Gasteiger partial charge on any atom is 0.131 e. The minimum Gasteiger partial charge on any atom is -0.240 e. The van der Waals surface area contributed by atoms with E-state index >= 15 is 0 Å². The van der Waals surface area contributed by atoms with E-state index in [4.69, 9.17) is 0 Å². The lowest BCUT2D eigenvalue weighted by Crippen LogP contribution is -1.97. The van der Waals surface area contributed by atoms with Gasteiger partial charge in [0.05, 0.1) is 0 Å². The van der Waals surface area contributed by atoms with Crippen molar-refractivity contribution >= 4 is 15.9 Å². The second-order valence-electron chi connectivity index (χ2n) is 4.51. The summed E-state index contributed by atoms with van der Waals surface area (Å²) in [6.45, 7) is 2.06. The Morgan fingerprint density at radius 3 is 2.76 bits per heavy atom. The fraction of sp³-hybridized carbons (Fsp3) is 0.286. The van der Waals surface area contributed by atoms with Crippen LogP contribution in [0, 0.1) is 6.92 Å². The van der Waals surface area contributed by atoms with Crippen LogP contribution in [0.15, 0.2) is 34.9 Å². The Hall–Kier alpha value is -1.22. The Bertz CT molecular complexity index is 562. The van der Waals surface area contributed by atoms with Crippen molar-refractivity contribution in [3.05, 3.63) is 46.5 Å². The molecule has 1 aliphatic rings. The highest BCUT2D eigenvalue weighted by molar-refractivity contribution is 9.10. The number of hydrogen-bond donors (Lipinski definition) is 0. The second kappa shape index (κ2) is 4.22. The monoisotopic (exact) mass is 288 g/mol. The summed E-state index contributed by atoms with van der Waals surface area (Å²) in [6, 6.07) is 8.25. The van der Waals surface area contributed by atoms with Gasteiger partial charge in [-0.05, 0) is 37.5 Å². The zero-order valence-corrected chi connectivity index (χ0v) is 11.2. The SMILES string of the molecule is Cc1nc(C2CC2)ncc1-c1cccc(Br)c1. The van der Waals surface area contributed by atoms with Crippen molar-refractivity contribution < 1.29 is 0 Å². The zero-order chi connectivity index (χ0) is 11.8. The first-order valence-electron chi connectivity index (χ1n) is 5.83. The van der Waals surface area contributed by atoms with E-state index in [0.717, 1.165) is 21.6 Å². The predicted molar refractivity (Wildman–Crippen MR) is 71.9 cm³/mol.